The van der Waals surface area contributed by atoms with Crippen molar-refractivity contribution in [1.82, 2.24) is 10.6 Å². The Labute approximate surface area is 217 Å². The molecule has 0 radical (unpaired) electrons. The number of nitrogens with one attached hydrogen (secondary N) is 2. The molecule has 2 rings (SSSR count). The molecule has 0 aliphatic carbocycles. The van der Waals surface area contributed by atoms with Gasteiger partial charge in [0.1, 0.15) is 17.5 Å². The maximum Gasteiger partial charge on any atom is 0.242 e. The average Bonchev–Trinajstić information content (AvgIpc) is 2.61. The maximum atomic E-state index is 12.0. The van der Waals surface area contributed by atoms with Crippen LogP contribution in [0.25, 0.3) is 0 Å². The SMILES string of the molecule is CNC(=O)C(Cc1cc(I)c(Oc2cc(I)c(O)c(I)c2)c(I)c1)NC(C)=O. The Kier molecular flexibility index (Phi) is 9.31. The zero-order valence-electron chi connectivity index (χ0n) is 14.8. The number of benzene rings is 2. The van der Waals surface area contributed by atoms with E-state index in [1.165, 1.54) is 6.92 Å². The van der Waals surface area contributed by atoms with Crippen molar-refractivity contribution in [2.24, 2.45) is 0 Å². The third-order valence-electron chi connectivity index (χ3n) is 3.65. The van der Waals surface area contributed by atoms with Crippen molar-refractivity contribution in [1.29, 1.82) is 0 Å². The third-order valence-corrected chi connectivity index (χ3v) is 6.90. The van der Waals surface area contributed by atoms with Crippen LogP contribution in [-0.4, -0.2) is 30.0 Å². The van der Waals surface area contributed by atoms with Gasteiger partial charge in [-0.05, 0) is 120 Å². The molecule has 1 unspecified atom stereocenters. The van der Waals surface area contributed by atoms with Gasteiger partial charge in [0.25, 0.3) is 0 Å². The number of hydrogen-bond acceptors (Lipinski definition) is 4. The van der Waals surface area contributed by atoms with E-state index in [9.17, 15) is 14.7 Å². The molecule has 0 heterocycles. The van der Waals surface area contributed by atoms with E-state index in [4.69, 9.17) is 4.74 Å². The first-order valence-electron chi connectivity index (χ1n) is 7.94. The van der Waals surface area contributed by atoms with Crippen LogP contribution in [-0.2, 0) is 16.0 Å². The second kappa shape index (κ2) is 10.8. The molecule has 28 heavy (non-hydrogen) atoms. The number of ether oxygens (including phenoxy) is 1. The van der Waals surface area contributed by atoms with E-state index < -0.39 is 6.04 Å². The predicted molar refractivity (Wildman–Crippen MR) is 141 cm³/mol. The van der Waals surface area contributed by atoms with Crippen molar-refractivity contribution in [2.45, 2.75) is 19.4 Å². The molecule has 150 valence electrons. The van der Waals surface area contributed by atoms with Crippen LogP contribution < -0.4 is 15.4 Å². The fourth-order valence-electron chi connectivity index (χ4n) is 2.41. The van der Waals surface area contributed by atoms with E-state index in [-0.39, 0.29) is 17.6 Å². The second-order valence-corrected chi connectivity index (χ2v) is 10.4. The summed E-state index contributed by atoms with van der Waals surface area (Å²) in [5.74, 6) is 1.09. The number of aromatic hydroxyl groups is 1. The normalized spacial score (nSPS) is 11.6. The summed E-state index contributed by atoms with van der Waals surface area (Å²) in [7, 11) is 1.54. The lowest BCUT2D eigenvalue weighted by Crippen LogP contribution is -2.46. The minimum Gasteiger partial charge on any atom is -0.506 e. The van der Waals surface area contributed by atoms with Crippen LogP contribution in [0.15, 0.2) is 24.3 Å². The van der Waals surface area contributed by atoms with Gasteiger partial charge < -0.3 is 20.5 Å². The first kappa shape index (κ1) is 24.2. The highest BCUT2D eigenvalue weighted by Crippen LogP contribution is 2.36. The number of carbonyl (C=O) groups is 2. The van der Waals surface area contributed by atoms with Crippen molar-refractivity contribution >= 4 is 102 Å². The van der Waals surface area contributed by atoms with Crippen LogP contribution in [0.1, 0.15) is 12.5 Å². The van der Waals surface area contributed by atoms with E-state index in [0.717, 1.165) is 12.7 Å². The summed E-state index contributed by atoms with van der Waals surface area (Å²) in [6.45, 7) is 1.39. The quantitative estimate of drug-likeness (QED) is 0.378. The average molecular weight is 832 g/mol. The van der Waals surface area contributed by atoms with Crippen LogP contribution in [0.2, 0.25) is 0 Å². The molecule has 0 aliphatic rings. The fraction of sp³-hybridized carbons (Fsp3) is 0.222. The Balaban J connectivity index is 2.29. The van der Waals surface area contributed by atoms with Gasteiger partial charge in [-0.15, -0.1) is 0 Å². The summed E-state index contributed by atoms with van der Waals surface area (Å²) in [5, 5.41) is 15.2. The molecule has 0 saturated carbocycles. The molecule has 0 saturated heterocycles. The summed E-state index contributed by atoms with van der Waals surface area (Å²) in [6.07, 6.45) is 0.376. The van der Waals surface area contributed by atoms with Crippen LogP contribution in [0.5, 0.6) is 17.2 Å². The van der Waals surface area contributed by atoms with E-state index in [1.54, 1.807) is 19.2 Å². The molecule has 3 N–H and O–H groups in total. The number of halogens is 4. The van der Waals surface area contributed by atoms with Crippen molar-refractivity contribution < 1.29 is 19.4 Å². The summed E-state index contributed by atoms with van der Waals surface area (Å²) < 4.78 is 9.26. The standard InChI is InChI=1S/C18H16I4N2O4/c1-8(25)24-15(18(27)23-2)5-9-3-13(21)17(14(22)4-9)28-10-6-11(19)16(26)12(20)7-10/h3-4,6-7,15,26H,5H2,1-2H3,(H,23,27)(H,24,25). The molecule has 0 fully saturated rings. The lowest BCUT2D eigenvalue weighted by molar-refractivity contribution is -0.127. The summed E-state index contributed by atoms with van der Waals surface area (Å²) in [6, 6.07) is 6.78. The molecule has 0 aliphatic heterocycles. The zero-order chi connectivity index (χ0) is 21.0. The van der Waals surface area contributed by atoms with Crippen LogP contribution in [0.3, 0.4) is 0 Å². The van der Waals surface area contributed by atoms with Crippen molar-refractivity contribution in [2.75, 3.05) is 7.05 Å². The largest absolute Gasteiger partial charge is 0.506 e. The summed E-state index contributed by atoms with van der Waals surface area (Å²) in [5.41, 5.74) is 0.915. The van der Waals surface area contributed by atoms with Gasteiger partial charge in [-0.25, -0.2) is 0 Å². The highest BCUT2D eigenvalue weighted by molar-refractivity contribution is 14.1. The van der Waals surface area contributed by atoms with Gasteiger partial charge in [0.2, 0.25) is 11.8 Å². The molecule has 6 nitrogen and oxygen atoms in total. The Bertz CT molecular complexity index is 874. The van der Waals surface area contributed by atoms with Gasteiger partial charge in [-0.1, -0.05) is 0 Å². The fourth-order valence-corrected chi connectivity index (χ4v) is 6.24. The molecule has 1 atom stereocenters. The van der Waals surface area contributed by atoms with Crippen LogP contribution in [0.4, 0.5) is 0 Å². The Morgan fingerprint density at radius 3 is 2.04 bits per heavy atom. The molecular weight excluding hydrogens is 816 g/mol. The van der Waals surface area contributed by atoms with Crippen molar-refractivity contribution in [3.8, 4) is 17.2 Å². The third kappa shape index (κ3) is 6.45. The number of phenolic OH excluding ortho intramolecular Hbond substituents is 1. The monoisotopic (exact) mass is 832 g/mol. The summed E-state index contributed by atoms with van der Waals surface area (Å²) in [4.78, 5) is 23.4. The van der Waals surface area contributed by atoms with Gasteiger partial charge in [-0.2, -0.15) is 0 Å². The minimum atomic E-state index is -0.638. The highest BCUT2D eigenvalue weighted by atomic mass is 127. The van der Waals surface area contributed by atoms with Crippen molar-refractivity contribution in [3.63, 3.8) is 0 Å². The minimum absolute atomic E-state index is 0.242. The Morgan fingerprint density at radius 2 is 1.57 bits per heavy atom. The van der Waals surface area contributed by atoms with Gasteiger partial charge in [0.15, 0.2) is 5.75 Å². The van der Waals surface area contributed by atoms with Crippen LogP contribution in [0, 0.1) is 14.3 Å². The molecule has 0 bridgehead atoms. The number of phenols is 1. The summed E-state index contributed by atoms with van der Waals surface area (Å²) >= 11 is 8.51. The maximum absolute atomic E-state index is 12.0. The second-order valence-electron chi connectivity index (χ2n) is 5.80. The van der Waals surface area contributed by atoms with E-state index >= 15 is 0 Å². The Hall–Kier alpha value is -0.100. The number of hydrogen-bond donors (Lipinski definition) is 3. The molecule has 2 amide bonds. The van der Waals surface area contributed by atoms with Gasteiger partial charge in [-0.3, -0.25) is 9.59 Å². The van der Waals surface area contributed by atoms with Gasteiger partial charge in [0.05, 0.1) is 14.3 Å². The zero-order valence-corrected chi connectivity index (χ0v) is 23.4. The molecule has 2 aromatic rings. The molecule has 10 heteroatoms. The molecule has 2 aromatic carbocycles. The lowest BCUT2D eigenvalue weighted by atomic mass is 10.0. The lowest BCUT2D eigenvalue weighted by Gasteiger charge is -2.18. The van der Waals surface area contributed by atoms with Gasteiger partial charge >= 0.3 is 0 Å². The predicted octanol–water partition coefficient (Wildman–Crippen LogP) is 4.40. The molecular formula is C18H16I4N2O4. The molecule has 0 spiro atoms. The van der Waals surface area contributed by atoms with E-state index in [0.29, 0.717) is 25.1 Å². The first-order valence-corrected chi connectivity index (χ1v) is 12.3. The Morgan fingerprint density at radius 1 is 1.04 bits per heavy atom. The number of amides is 2. The van der Waals surface area contributed by atoms with Crippen molar-refractivity contribution in [3.05, 3.63) is 44.1 Å². The number of likely N-dealkylation sites (N-methyl/N-ethyl adjacent to an activating group) is 1. The highest BCUT2D eigenvalue weighted by Gasteiger charge is 2.20. The number of carbonyl (C=O) groups excluding carboxylic acids is 2. The smallest absolute Gasteiger partial charge is 0.242 e. The number of rotatable bonds is 6. The van der Waals surface area contributed by atoms with E-state index in [2.05, 4.69) is 101 Å². The first-order chi connectivity index (χ1) is 13.1. The van der Waals surface area contributed by atoms with E-state index in [1.807, 2.05) is 12.1 Å². The van der Waals surface area contributed by atoms with Gasteiger partial charge in [0, 0.05) is 20.4 Å². The van der Waals surface area contributed by atoms with Crippen LogP contribution >= 0.6 is 90.4 Å². The molecule has 0 aromatic heterocycles. The topological polar surface area (TPSA) is 87.7 Å².